The van der Waals surface area contributed by atoms with E-state index in [0.29, 0.717) is 5.46 Å². The number of fused-ring (bicyclic) bond motifs is 14. The zero-order valence-corrected chi connectivity index (χ0v) is 50.3. The molecular formula is C78H64BBrN2O2. The zero-order valence-electron chi connectivity index (χ0n) is 48.7. The third kappa shape index (κ3) is 8.47. The molecule has 0 aliphatic heterocycles. The normalized spacial score (nSPS) is 15.0. The van der Waals surface area contributed by atoms with E-state index in [1.54, 1.807) is 0 Å². The highest BCUT2D eigenvalue weighted by Gasteiger charge is 2.43. The molecule has 2 heterocycles. The second kappa shape index (κ2) is 19.8. The topological polar surface area (TPSA) is 66.2 Å². The molecule has 4 aliphatic carbocycles. The predicted molar refractivity (Wildman–Crippen MR) is 354 cm³/mol. The highest BCUT2D eigenvalue weighted by atomic mass is 79.9. The minimum Gasteiger partial charge on any atom is -0.423 e. The quantitative estimate of drug-likeness (QED) is 0.136. The summed E-state index contributed by atoms with van der Waals surface area (Å²) in [5, 5.41) is 24.3. The first-order valence-electron chi connectivity index (χ1n) is 29.2. The average Bonchev–Trinajstić information content (AvgIpc) is 3.88. The van der Waals surface area contributed by atoms with Gasteiger partial charge in [-0.1, -0.05) is 219 Å². The Balaban J connectivity index is 0.000000123. The Bertz CT molecular complexity index is 4670. The summed E-state index contributed by atoms with van der Waals surface area (Å²) in [7, 11) is -1.44. The zero-order chi connectivity index (χ0) is 58.0. The molecule has 0 radical (unpaired) electrons. The van der Waals surface area contributed by atoms with Crippen molar-refractivity contribution in [2.24, 2.45) is 0 Å². The van der Waals surface area contributed by atoms with E-state index < -0.39 is 7.12 Å². The molecule has 16 rings (SSSR count). The highest BCUT2D eigenvalue weighted by molar-refractivity contribution is 9.10. The molecule has 0 saturated carbocycles. The Labute approximate surface area is 501 Å². The fourth-order valence-corrected chi connectivity index (χ4v) is 14.8. The van der Waals surface area contributed by atoms with Crippen LogP contribution in [-0.2, 0) is 21.7 Å². The molecule has 4 nitrogen and oxygen atoms in total. The summed E-state index contributed by atoms with van der Waals surface area (Å²) in [6.07, 6.45) is 3.77. The van der Waals surface area contributed by atoms with Crippen LogP contribution in [0.25, 0.3) is 99.6 Å². The van der Waals surface area contributed by atoms with Crippen LogP contribution in [0.1, 0.15) is 99.9 Å². The lowest BCUT2D eigenvalue weighted by molar-refractivity contribution is 0.425. The first-order chi connectivity index (χ1) is 40.4. The van der Waals surface area contributed by atoms with Crippen molar-refractivity contribution in [2.75, 3.05) is 0 Å². The standard InChI is InChI=1S/C39H31N.C24H23BO2.C15H10BrN/c1-38(2)33-15-8-7-13-29(33)31-22-36-32(23-35(31)38)30-17-16-26(20-34(30)39(36,3)4)37-21-25(18-19-40-37)28-14-9-11-24-10-5-6-12-27(24)28;1-23(2)19-8-6-5-7-15(19)17-12-22-18(13-21(17)23)16-10-9-14(25(26)27)11-20(16)24(22,3)4;16-15-10-12(8-9-17-15)14-7-3-5-11-4-1-2-6-13(11)14/h5-23H,1-4H3;5-13,26-27H,1-4H3;1-10H. The van der Waals surface area contributed by atoms with Crippen LogP contribution in [0.5, 0.6) is 0 Å². The first-order valence-corrected chi connectivity index (χ1v) is 30.0. The molecule has 10 aromatic carbocycles. The molecule has 12 aromatic rings. The Hall–Kier alpha value is -8.52. The van der Waals surface area contributed by atoms with E-state index in [2.05, 4.69) is 264 Å². The third-order valence-corrected chi connectivity index (χ3v) is 19.5. The van der Waals surface area contributed by atoms with E-state index in [1.807, 2.05) is 42.7 Å². The summed E-state index contributed by atoms with van der Waals surface area (Å²) in [5.74, 6) is 0. The summed E-state index contributed by atoms with van der Waals surface area (Å²) in [4.78, 5) is 8.99. The van der Waals surface area contributed by atoms with Crippen LogP contribution in [-0.4, -0.2) is 27.1 Å². The Kier molecular flexibility index (Phi) is 12.6. The van der Waals surface area contributed by atoms with Crippen LogP contribution in [0.4, 0.5) is 0 Å². The number of pyridine rings is 2. The molecule has 2 N–H and O–H groups in total. The van der Waals surface area contributed by atoms with Crippen molar-refractivity contribution in [3.8, 4) is 78.0 Å². The number of benzene rings is 10. The molecular weight excluding hydrogens is 1090 g/mol. The molecule has 0 unspecified atom stereocenters. The SMILES string of the molecule is Brc1cc(-c2cccc3ccccc23)ccn1.CC1(C)c2ccccc2-c2cc3c(cc21)-c1ccc(-c2cc(-c4cccc5ccccc45)ccn2)cc1C3(C)C.CC1(C)c2ccccc2-c2cc3c(cc21)-c1ccc(B(O)O)cc1C3(C)C. The fourth-order valence-electron chi connectivity index (χ4n) is 14.5. The van der Waals surface area contributed by atoms with Gasteiger partial charge in [0.2, 0.25) is 0 Å². The molecule has 0 bridgehead atoms. The highest BCUT2D eigenvalue weighted by Crippen LogP contribution is 2.58. The third-order valence-electron chi connectivity index (χ3n) is 19.1. The molecule has 6 heteroatoms. The van der Waals surface area contributed by atoms with Gasteiger partial charge in [0.1, 0.15) is 4.60 Å². The molecule has 0 saturated heterocycles. The summed E-state index contributed by atoms with van der Waals surface area (Å²) in [6.45, 7) is 18.5. The molecule has 0 spiro atoms. The van der Waals surface area contributed by atoms with Crippen molar-refractivity contribution in [3.05, 3.63) is 280 Å². The van der Waals surface area contributed by atoms with Gasteiger partial charge in [-0.05, 0) is 209 Å². The molecule has 84 heavy (non-hydrogen) atoms. The minimum absolute atomic E-state index is 0.000235. The van der Waals surface area contributed by atoms with E-state index in [-0.39, 0.29) is 21.7 Å². The number of rotatable bonds is 4. The van der Waals surface area contributed by atoms with Gasteiger partial charge in [0.05, 0.1) is 5.69 Å². The molecule has 0 atom stereocenters. The summed E-state index contributed by atoms with van der Waals surface area (Å²) in [6, 6.07) is 78.5. The summed E-state index contributed by atoms with van der Waals surface area (Å²) < 4.78 is 0.864. The van der Waals surface area contributed by atoms with Gasteiger partial charge in [-0.2, -0.15) is 0 Å². The fraction of sp³-hybridized carbons (Fsp3) is 0.154. The maximum atomic E-state index is 9.61. The van der Waals surface area contributed by atoms with Crippen molar-refractivity contribution in [1.29, 1.82) is 0 Å². The molecule has 2 aromatic heterocycles. The van der Waals surface area contributed by atoms with Crippen molar-refractivity contribution in [1.82, 2.24) is 9.97 Å². The maximum Gasteiger partial charge on any atom is 0.488 e. The van der Waals surface area contributed by atoms with Crippen LogP contribution < -0.4 is 5.46 Å². The Morgan fingerprint density at radius 1 is 0.310 bits per heavy atom. The van der Waals surface area contributed by atoms with Crippen molar-refractivity contribution in [2.45, 2.75) is 77.0 Å². The smallest absolute Gasteiger partial charge is 0.423 e. The van der Waals surface area contributed by atoms with Gasteiger partial charge >= 0.3 is 7.12 Å². The summed E-state index contributed by atoms with van der Waals surface area (Å²) in [5.41, 5.74) is 28.9. The van der Waals surface area contributed by atoms with Crippen LogP contribution in [0.15, 0.2) is 235 Å². The first kappa shape index (κ1) is 53.5. The van der Waals surface area contributed by atoms with Crippen molar-refractivity contribution >= 4 is 50.1 Å². The monoisotopic (exact) mass is 1150 g/mol. The number of halogens is 1. The second-order valence-corrected chi connectivity index (χ2v) is 26.1. The molecule has 0 fully saturated rings. The van der Waals surface area contributed by atoms with Crippen LogP contribution in [0.2, 0.25) is 0 Å². The maximum absolute atomic E-state index is 9.61. The van der Waals surface area contributed by atoms with Crippen LogP contribution in [0, 0.1) is 0 Å². The largest absolute Gasteiger partial charge is 0.488 e. The molecule has 0 amide bonds. The van der Waals surface area contributed by atoms with Gasteiger partial charge in [-0.3, -0.25) is 4.98 Å². The number of hydrogen-bond donors (Lipinski definition) is 2. The number of hydrogen-bond acceptors (Lipinski definition) is 4. The Morgan fingerprint density at radius 3 is 1.19 bits per heavy atom. The van der Waals surface area contributed by atoms with E-state index >= 15 is 0 Å². The predicted octanol–water partition coefficient (Wildman–Crippen LogP) is 18.8. The van der Waals surface area contributed by atoms with Gasteiger partial charge < -0.3 is 10.0 Å². The Morgan fingerprint density at radius 2 is 0.690 bits per heavy atom. The van der Waals surface area contributed by atoms with Gasteiger partial charge in [0.25, 0.3) is 0 Å². The summed E-state index contributed by atoms with van der Waals surface area (Å²) >= 11 is 3.41. The van der Waals surface area contributed by atoms with E-state index in [1.165, 1.54) is 133 Å². The van der Waals surface area contributed by atoms with Crippen LogP contribution in [0.3, 0.4) is 0 Å². The lowest BCUT2D eigenvalue weighted by Gasteiger charge is -2.24. The minimum atomic E-state index is -1.44. The van der Waals surface area contributed by atoms with Gasteiger partial charge in [-0.25, -0.2) is 4.98 Å². The molecule has 408 valence electrons. The van der Waals surface area contributed by atoms with Gasteiger partial charge in [-0.15, -0.1) is 0 Å². The number of nitrogens with zero attached hydrogens (tertiary/aromatic N) is 2. The van der Waals surface area contributed by atoms with Gasteiger partial charge in [0.15, 0.2) is 0 Å². The lowest BCUT2D eigenvalue weighted by Crippen LogP contribution is -2.31. The van der Waals surface area contributed by atoms with Crippen LogP contribution >= 0.6 is 15.9 Å². The average molecular weight is 1150 g/mol. The second-order valence-electron chi connectivity index (χ2n) is 25.3. The van der Waals surface area contributed by atoms with Crippen molar-refractivity contribution in [3.63, 3.8) is 0 Å². The van der Waals surface area contributed by atoms with E-state index in [4.69, 9.17) is 4.98 Å². The molecule has 4 aliphatic rings. The number of aromatic nitrogens is 2. The lowest BCUT2D eigenvalue weighted by atomic mass is 9.75. The van der Waals surface area contributed by atoms with Gasteiger partial charge in [0, 0.05) is 39.6 Å². The van der Waals surface area contributed by atoms with E-state index in [9.17, 15) is 10.0 Å². The van der Waals surface area contributed by atoms with E-state index in [0.717, 1.165) is 15.9 Å². The van der Waals surface area contributed by atoms with Crippen molar-refractivity contribution < 1.29 is 10.0 Å².